The molecule has 0 spiro atoms. The van der Waals surface area contributed by atoms with E-state index in [2.05, 4.69) is 47.8 Å². The van der Waals surface area contributed by atoms with Gasteiger partial charge in [0.1, 0.15) is 6.04 Å². The number of hydrogen-bond donors (Lipinski definition) is 1. The summed E-state index contributed by atoms with van der Waals surface area (Å²) in [5.41, 5.74) is 3.66. The first-order valence-electron chi connectivity index (χ1n) is 7.13. The molecule has 2 aromatic rings. The largest absolute Gasteiger partial charge is 0.294 e. The van der Waals surface area contributed by atoms with Crippen molar-refractivity contribution in [3.63, 3.8) is 0 Å². The van der Waals surface area contributed by atoms with Crippen LogP contribution in [0.5, 0.6) is 0 Å². The van der Waals surface area contributed by atoms with Crippen LogP contribution in [0.2, 0.25) is 0 Å². The van der Waals surface area contributed by atoms with Crippen molar-refractivity contribution in [3.8, 4) is 6.07 Å². The zero-order chi connectivity index (χ0) is 13.8. The summed E-state index contributed by atoms with van der Waals surface area (Å²) in [7, 11) is 0. The molecule has 0 aliphatic heterocycles. The Bertz CT molecular complexity index is 592. The number of nitrogens with zero attached hydrogens (tertiary/aromatic N) is 1. The van der Waals surface area contributed by atoms with Gasteiger partial charge in [-0.2, -0.15) is 5.26 Å². The quantitative estimate of drug-likeness (QED) is 0.886. The summed E-state index contributed by atoms with van der Waals surface area (Å²) in [4.78, 5) is 0. The maximum atomic E-state index is 9.34. The SMILES string of the molecule is N#CC(NCc1ccccc1)c1ccc(C2CC2)cc1. The van der Waals surface area contributed by atoms with E-state index in [0.29, 0.717) is 6.54 Å². The minimum atomic E-state index is -0.247. The molecular formula is C18H18N2. The maximum absolute atomic E-state index is 9.34. The van der Waals surface area contributed by atoms with Crippen molar-refractivity contribution >= 4 is 0 Å². The molecule has 1 aliphatic rings. The van der Waals surface area contributed by atoms with E-state index in [4.69, 9.17) is 0 Å². The topological polar surface area (TPSA) is 35.8 Å². The molecule has 0 heterocycles. The highest BCUT2D eigenvalue weighted by molar-refractivity contribution is 5.32. The molecule has 1 aliphatic carbocycles. The highest BCUT2D eigenvalue weighted by Crippen LogP contribution is 2.40. The Morgan fingerprint density at radius 1 is 1.05 bits per heavy atom. The van der Waals surface area contributed by atoms with Crippen molar-refractivity contribution in [1.29, 1.82) is 5.26 Å². The molecule has 0 amide bonds. The molecule has 1 N–H and O–H groups in total. The lowest BCUT2D eigenvalue weighted by molar-refractivity contribution is 0.630. The van der Waals surface area contributed by atoms with Gasteiger partial charge in [-0.1, -0.05) is 54.6 Å². The molecular weight excluding hydrogens is 244 g/mol. The number of nitriles is 1. The summed E-state index contributed by atoms with van der Waals surface area (Å²) in [6, 6.07) is 20.8. The summed E-state index contributed by atoms with van der Waals surface area (Å²) >= 11 is 0. The molecule has 2 heteroatoms. The summed E-state index contributed by atoms with van der Waals surface area (Å²) < 4.78 is 0. The van der Waals surface area contributed by atoms with Crippen LogP contribution in [0.25, 0.3) is 0 Å². The van der Waals surface area contributed by atoms with Gasteiger partial charge in [-0.3, -0.25) is 5.32 Å². The van der Waals surface area contributed by atoms with Crippen LogP contribution in [0.15, 0.2) is 54.6 Å². The first-order valence-corrected chi connectivity index (χ1v) is 7.13. The third-order valence-electron chi connectivity index (χ3n) is 3.80. The molecule has 0 saturated heterocycles. The highest BCUT2D eigenvalue weighted by Gasteiger charge is 2.23. The van der Waals surface area contributed by atoms with Gasteiger partial charge in [0.25, 0.3) is 0 Å². The predicted molar refractivity (Wildman–Crippen MR) is 80.1 cm³/mol. The number of nitrogens with one attached hydrogen (secondary N) is 1. The molecule has 0 aromatic heterocycles. The van der Waals surface area contributed by atoms with Crippen molar-refractivity contribution in [2.24, 2.45) is 0 Å². The Labute approximate surface area is 120 Å². The lowest BCUT2D eigenvalue weighted by Gasteiger charge is -2.12. The van der Waals surface area contributed by atoms with Crippen molar-refractivity contribution in [3.05, 3.63) is 71.3 Å². The maximum Gasteiger partial charge on any atom is 0.121 e. The van der Waals surface area contributed by atoms with E-state index in [1.165, 1.54) is 24.0 Å². The third kappa shape index (κ3) is 3.07. The zero-order valence-corrected chi connectivity index (χ0v) is 11.4. The van der Waals surface area contributed by atoms with E-state index in [1.807, 2.05) is 18.2 Å². The molecule has 20 heavy (non-hydrogen) atoms. The Balaban J connectivity index is 1.65. The van der Waals surface area contributed by atoms with Gasteiger partial charge in [-0.15, -0.1) is 0 Å². The molecule has 1 unspecified atom stereocenters. The molecule has 2 nitrogen and oxygen atoms in total. The zero-order valence-electron chi connectivity index (χ0n) is 11.4. The average molecular weight is 262 g/mol. The van der Waals surface area contributed by atoms with Gasteiger partial charge >= 0.3 is 0 Å². The second kappa shape index (κ2) is 5.90. The van der Waals surface area contributed by atoms with Gasteiger partial charge in [0, 0.05) is 6.54 Å². The number of benzene rings is 2. The minimum absolute atomic E-state index is 0.247. The van der Waals surface area contributed by atoms with Gasteiger partial charge < -0.3 is 0 Å². The van der Waals surface area contributed by atoms with Gasteiger partial charge in [0.05, 0.1) is 6.07 Å². The normalized spacial score (nSPS) is 15.6. The fraction of sp³-hybridized carbons (Fsp3) is 0.278. The van der Waals surface area contributed by atoms with Crippen LogP contribution in [-0.4, -0.2) is 0 Å². The summed E-state index contributed by atoms with van der Waals surface area (Å²) in [6.45, 7) is 0.712. The molecule has 1 fully saturated rings. The van der Waals surface area contributed by atoms with E-state index in [1.54, 1.807) is 0 Å². The Kier molecular flexibility index (Phi) is 3.80. The molecule has 100 valence electrons. The van der Waals surface area contributed by atoms with Crippen LogP contribution in [0.1, 0.15) is 41.5 Å². The van der Waals surface area contributed by atoms with Crippen molar-refractivity contribution in [2.45, 2.75) is 31.3 Å². The fourth-order valence-corrected chi connectivity index (χ4v) is 2.43. The summed E-state index contributed by atoms with van der Waals surface area (Å²) in [6.07, 6.45) is 2.63. The second-order valence-electron chi connectivity index (χ2n) is 5.37. The van der Waals surface area contributed by atoms with E-state index in [0.717, 1.165) is 11.5 Å². The molecule has 1 saturated carbocycles. The van der Waals surface area contributed by atoms with Gasteiger partial charge in [0.15, 0.2) is 0 Å². The summed E-state index contributed by atoms with van der Waals surface area (Å²) in [5, 5.41) is 12.6. The molecule has 0 bridgehead atoms. The van der Waals surface area contributed by atoms with Crippen molar-refractivity contribution in [1.82, 2.24) is 5.32 Å². The van der Waals surface area contributed by atoms with Crippen LogP contribution >= 0.6 is 0 Å². The van der Waals surface area contributed by atoms with Crippen LogP contribution in [0.3, 0.4) is 0 Å². The standard InChI is InChI=1S/C18H18N2/c19-12-18(20-13-14-4-2-1-3-5-14)17-10-8-16(9-11-17)15-6-7-15/h1-5,8-11,15,18,20H,6-7,13H2. The Hall–Kier alpha value is -2.11. The van der Waals surface area contributed by atoms with Crippen LogP contribution in [0.4, 0.5) is 0 Å². The van der Waals surface area contributed by atoms with Crippen LogP contribution in [0, 0.1) is 11.3 Å². The third-order valence-corrected chi connectivity index (χ3v) is 3.80. The van der Waals surface area contributed by atoms with E-state index < -0.39 is 0 Å². The first kappa shape index (κ1) is 12.9. The highest BCUT2D eigenvalue weighted by atomic mass is 14.9. The average Bonchev–Trinajstić information content (AvgIpc) is 3.34. The van der Waals surface area contributed by atoms with E-state index in [-0.39, 0.29) is 6.04 Å². The lowest BCUT2D eigenvalue weighted by Crippen LogP contribution is -2.19. The first-order chi connectivity index (χ1) is 9.86. The number of hydrogen-bond acceptors (Lipinski definition) is 2. The monoisotopic (exact) mass is 262 g/mol. The summed E-state index contributed by atoms with van der Waals surface area (Å²) in [5.74, 6) is 0.766. The van der Waals surface area contributed by atoms with E-state index >= 15 is 0 Å². The van der Waals surface area contributed by atoms with Gasteiger partial charge in [-0.05, 0) is 35.4 Å². The smallest absolute Gasteiger partial charge is 0.121 e. The molecule has 1 atom stereocenters. The second-order valence-corrected chi connectivity index (χ2v) is 5.37. The molecule has 2 aromatic carbocycles. The van der Waals surface area contributed by atoms with Gasteiger partial charge in [0.2, 0.25) is 0 Å². The predicted octanol–water partition coefficient (Wildman–Crippen LogP) is 3.92. The number of rotatable bonds is 5. The van der Waals surface area contributed by atoms with Crippen molar-refractivity contribution < 1.29 is 0 Å². The molecule has 0 radical (unpaired) electrons. The fourth-order valence-electron chi connectivity index (χ4n) is 2.43. The van der Waals surface area contributed by atoms with Gasteiger partial charge in [-0.25, -0.2) is 0 Å². The Morgan fingerprint density at radius 3 is 2.35 bits per heavy atom. The Morgan fingerprint density at radius 2 is 1.75 bits per heavy atom. The van der Waals surface area contributed by atoms with Crippen LogP contribution in [-0.2, 0) is 6.54 Å². The lowest BCUT2D eigenvalue weighted by atomic mass is 10.0. The minimum Gasteiger partial charge on any atom is -0.294 e. The molecule has 3 rings (SSSR count). The van der Waals surface area contributed by atoms with E-state index in [9.17, 15) is 5.26 Å². The van der Waals surface area contributed by atoms with Crippen LogP contribution < -0.4 is 5.32 Å². The van der Waals surface area contributed by atoms with Crippen molar-refractivity contribution in [2.75, 3.05) is 0 Å².